The topological polar surface area (TPSA) is 141 Å². The van der Waals surface area contributed by atoms with Crippen molar-refractivity contribution in [2.24, 2.45) is 0 Å². The van der Waals surface area contributed by atoms with E-state index in [-0.39, 0.29) is 6.54 Å². The predicted octanol–water partition coefficient (Wildman–Crippen LogP) is 5.71. The van der Waals surface area contributed by atoms with Crippen molar-refractivity contribution in [2.45, 2.75) is 19.6 Å². The Morgan fingerprint density at radius 2 is 1.63 bits per heavy atom. The number of nitrogens with one attached hydrogen (secondary N) is 4. The van der Waals surface area contributed by atoms with Gasteiger partial charge in [0.1, 0.15) is 17.0 Å². The fourth-order valence-electron chi connectivity index (χ4n) is 5.43. The molecule has 7 rings (SSSR count). The van der Waals surface area contributed by atoms with Gasteiger partial charge in [0, 0.05) is 60.3 Å². The first-order valence-corrected chi connectivity index (χ1v) is 16.4. The minimum Gasteiger partial charge on any atom is -0.353 e. The molecule has 0 bridgehead atoms. The van der Waals surface area contributed by atoms with Crippen LogP contribution in [0.3, 0.4) is 0 Å². The van der Waals surface area contributed by atoms with Crippen molar-refractivity contribution in [3.8, 4) is 33.9 Å². The number of nitrogens with zero attached hydrogens (tertiary/aromatic N) is 4. The Balaban J connectivity index is 1.19. The van der Waals surface area contributed by atoms with Crippen LogP contribution in [0.15, 0.2) is 97.5 Å². The summed E-state index contributed by atoms with van der Waals surface area (Å²) in [4.78, 5) is 17.4. The van der Waals surface area contributed by atoms with Gasteiger partial charge in [0.2, 0.25) is 10.0 Å². The van der Waals surface area contributed by atoms with Crippen molar-refractivity contribution in [1.29, 1.82) is 0 Å². The molecule has 2 aromatic carbocycles. The van der Waals surface area contributed by atoms with E-state index in [1.807, 2.05) is 48.7 Å². The van der Waals surface area contributed by atoms with E-state index < -0.39 is 15.8 Å². The van der Waals surface area contributed by atoms with Crippen LogP contribution in [0.5, 0.6) is 0 Å². The van der Waals surface area contributed by atoms with E-state index >= 15 is 0 Å². The lowest BCUT2D eigenvalue weighted by Crippen LogP contribution is -2.21. The highest BCUT2D eigenvalue weighted by atomic mass is 32.2. The van der Waals surface area contributed by atoms with Crippen LogP contribution in [0.25, 0.3) is 55.8 Å². The quantitative estimate of drug-likeness (QED) is 0.151. The average molecular weight is 633 g/mol. The summed E-state index contributed by atoms with van der Waals surface area (Å²) < 4.78 is 40.2. The van der Waals surface area contributed by atoms with Gasteiger partial charge in [0.15, 0.2) is 0 Å². The first-order valence-electron chi connectivity index (χ1n) is 14.6. The van der Waals surface area contributed by atoms with E-state index in [4.69, 9.17) is 4.98 Å². The summed E-state index contributed by atoms with van der Waals surface area (Å²) in [6.07, 6.45) is 6.36. The molecule has 46 heavy (non-hydrogen) atoms. The molecular formula is C34H29FN8O2S. The second-order valence-corrected chi connectivity index (χ2v) is 12.9. The van der Waals surface area contributed by atoms with Crippen molar-refractivity contribution >= 4 is 32.0 Å². The Morgan fingerprint density at radius 1 is 0.804 bits per heavy atom. The molecule has 0 atom stereocenters. The first-order chi connectivity index (χ1) is 22.3. The van der Waals surface area contributed by atoms with Gasteiger partial charge in [-0.3, -0.25) is 15.1 Å². The van der Waals surface area contributed by atoms with E-state index in [1.165, 1.54) is 17.7 Å². The number of aromatic amines is 2. The van der Waals surface area contributed by atoms with Crippen LogP contribution in [0, 0.1) is 5.82 Å². The summed E-state index contributed by atoms with van der Waals surface area (Å²) in [5.74, 6) is -0.488. The molecule has 0 aliphatic carbocycles. The Bertz CT molecular complexity index is 2300. The molecule has 0 aliphatic rings. The van der Waals surface area contributed by atoms with Crippen molar-refractivity contribution in [3.05, 3.63) is 120 Å². The zero-order valence-electron chi connectivity index (χ0n) is 24.8. The minimum atomic E-state index is -3.44. The first kappa shape index (κ1) is 29.4. The van der Waals surface area contributed by atoms with Gasteiger partial charge < -0.3 is 10.3 Å². The summed E-state index contributed by atoms with van der Waals surface area (Å²) in [6.45, 7) is 1.39. The molecular weight excluding hydrogens is 603 g/mol. The molecule has 0 spiro atoms. The maximum atomic E-state index is 14.6. The van der Waals surface area contributed by atoms with Crippen LogP contribution in [-0.4, -0.2) is 44.8 Å². The summed E-state index contributed by atoms with van der Waals surface area (Å²) >= 11 is 0. The zero-order chi connectivity index (χ0) is 31.7. The average Bonchev–Trinajstić information content (AvgIpc) is 3.68. The van der Waals surface area contributed by atoms with Crippen LogP contribution in [0.2, 0.25) is 0 Å². The molecule has 230 valence electrons. The molecule has 7 aromatic rings. The molecule has 5 heterocycles. The lowest BCUT2D eigenvalue weighted by Gasteiger charge is -2.08. The van der Waals surface area contributed by atoms with Gasteiger partial charge in [-0.05, 0) is 65.2 Å². The summed E-state index contributed by atoms with van der Waals surface area (Å²) in [5, 5.41) is 11.9. The molecule has 12 heteroatoms. The van der Waals surface area contributed by atoms with Gasteiger partial charge >= 0.3 is 0 Å². The lowest BCUT2D eigenvalue weighted by atomic mass is 10.0. The molecule has 0 saturated carbocycles. The van der Waals surface area contributed by atoms with E-state index in [0.29, 0.717) is 40.3 Å². The number of aromatic nitrogens is 6. The Labute approximate surface area is 264 Å². The van der Waals surface area contributed by atoms with Crippen LogP contribution in [0.1, 0.15) is 16.7 Å². The minimum absolute atomic E-state index is 0.0339. The number of pyridine rings is 3. The lowest BCUT2D eigenvalue weighted by molar-refractivity contribution is 0.586. The monoisotopic (exact) mass is 632 g/mol. The summed E-state index contributed by atoms with van der Waals surface area (Å²) in [6, 6.07) is 24.4. The van der Waals surface area contributed by atoms with Crippen LogP contribution < -0.4 is 10.0 Å². The van der Waals surface area contributed by atoms with E-state index in [9.17, 15) is 12.8 Å². The number of halogens is 1. The molecule has 0 fully saturated rings. The van der Waals surface area contributed by atoms with Gasteiger partial charge in [-0.2, -0.15) is 5.10 Å². The molecule has 0 amide bonds. The number of rotatable bonds is 10. The largest absolute Gasteiger partial charge is 0.353 e. The van der Waals surface area contributed by atoms with Gasteiger partial charge in [-0.15, -0.1) is 0 Å². The van der Waals surface area contributed by atoms with Crippen molar-refractivity contribution in [3.63, 3.8) is 0 Å². The van der Waals surface area contributed by atoms with E-state index in [2.05, 4.69) is 53.4 Å². The van der Waals surface area contributed by atoms with Crippen molar-refractivity contribution in [2.75, 3.05) is 6.26 Å². The van der Waals surface area contributed by atoms with E-state index in [0.717, 1.165) is 46.0 Å². The molecule has 4 N–H and O–H groups in total. The van der Waals surface area contributed by atoms with Gasteiger partial charge in [-0.25, -0.2) is 22.5 Å². The Hall–Kier alpha value is -5.30. The van der Waals surface area contributed by atoms with Crippen LogP contribution >= 0.6 is 0 Å². The normalized spacial score (nSPS) is 11.9. The Kier molecular flexibility index (Phi) is 7.83. The fraction of sp³-hybridized carbons (Fsp3) is 0.118. The second-order valence-electron chi connectivity index (χ2n) is 11.1. The standard InChI is InChI=1S/C34H29FN8O2S/c1-46(44,45)39-19-22-11-24(14-26(35)13-22)32-27-15-31(40-29(27)9-10-38-32)34-33-30(42-43-34)8-7-28(41-33)25-12-23(18-37-20-25)17-36-16-21-5-3-2-4-6-21/h2-15,18,20,36,39-40H,16-17,19H2,1H3,(H,42,43). The SMILES string of the molecule is CS(=O)(=O)NCc1cc(F)cc(-c2nccc3[nH]c(-c4n[nH]c5ccc(-c6cncc(CNCc7ccccc7)c6)nc45)cc23)c1. The van der Waals surface area contributed by atoms with Crippen LogP contribution in [0.4, 0.5) is 4.39 Å². The number of H-pyrrole nitrogens is 2. The van der Waals surface area contributed by atoms with Crippen molar-refractivity contribution in [1.82, 2.24) is 40.2 Å². The summed E-state index contributed by atoms with van der Waals surface area (Å²) in [5.41, 5.74) is 9.07. The smallest absolute Gasteiger partial charge is 0.209 e. The highest BCUT2D eigenvalue weighted by molar-refractivity contribution is 7.88. The highest BCUT2D eigenvalue weighted by Gasteiger charge is 2.17. The predicted molar refractivity (Wildman–Crippen MR) is 176 cm³/mol. The Morgan fingerprint density at radius 3 is 2.48 bits per heavy atom. The van der Waals surface area contributed by atoms with Gasteiger partial charge in [0.25, 0.3) is 0 Å². The third-order valence-corrected chi connectivity index (χ3v) is 8.24. The number of sulfonamides is 1. The van der Waals surface area contributed by atoms with Crippen LogP contribution in [-0.2, 0) is 29.7 Å². The third-order valence-electron chi connectivity index (χ3n) is 7.57. The second kappa shape index (κ2) is 12.2. The van der Waals surface area contributed by atoms with Crippen molar-refractivity contribution < 1.29 is 12.8 Å². The third kappa shape index (κ3) is 6.40. The van der Waals surface area contributed by atoms with Gasteiger partial charge in [0.05, 0.1) is 28.9 Å². The number of hydrogen-bond donors (Lipinski definition) is 4. The molecule has 0 saturated heterocycles. The molecule has 0 unspecified atom stereocenters. The zero-order valence-corrected chi connectivity index (χ0v) is 25.6. The highest BCUT2D eigenvalue weighted by Crippen LogP contribution is 2.34. The number of hydrogen-bond acceptors (Lipinski definition) is 7. The number of fused-ring (bicyclic) bond motifs is 2. The fourth-order valence-corrected chi connectivity index (χ4v) is 5.86. The van der Waals surface area contributed by atoms with E-state index in [1.54, 1.807) is 18.5 Å². The molecule has 0 aliphatic heterocycles. The maximum Gasteiger partial charge on any atom is 0.209 e. The van der Waals surface area contributed by atoms with Gasteiger partial charge in [-0.1, -0.05) is 30.3 Å². The number of benzene rings is 2. The molecule has 5 aromatic heterocycles. The maximum absolute atomic E-state index is 14.6. The molecule has 10 nitrogen and oxygen atoms in total. The molecule has 0 radical (unpaired) electrons. The summed E-state index contributed by atoms with van der Waals surface area (Å²) in [7, 11) is -3.44.